The van der Waals surface area contributed by atoms with Gasteiger partial charge in [0.05, 0.1) is 22.6 Å². The topological polar surface area (TPSA) is 177 Å². The Bertz CT molecular complexity index is 827. The first kappa shape index (κ1) is 24.8. The highest BCUT2D eigenvalue weighted by Gasteiger charge is 2.42. The summed E-state index contributed by atoms with van der Waals surface area (Å²) >= 11 is 0. The minimum Gasteiger partial charge on any atom is -0.369 e. The Morgan fingerprint density at radius 3 is 2.19 bits per heavy atom. The van der Waals surface area contributed by atoms with Crippen LogP contribution in [0.25, 0.3) is 0 Å². The van der Waals surface area contributed by atoms with E-state index in [1.807, 2.05) is 0 Å². The number of primary amides is 1. The van der Waals surface area contributed by atoms with Crippen LogP contribution in [0.5, 0.6) is 0 Å². The third-order valence-electron chi connectivity index (χ3n) is 6.74. The maximum atomic E-state index is 12.2. The molecular formula is C18H36N6O5S2. The van der Waals surface area contributed by atoms with Gasteiger partial charge in [-0.05, 0) is 32.1 Å². The average Bonchev–Trinajstić information content (AvgIpc) is 2.66. The molecule has 1 amide bonds. The second kappa shape index (κ2) is 9.57. The second-order valence-electron chi connectivity index (χ2n) is 9.33. The van der Waals surface area contributed by atoms with Gasteiger partial charge in [0.2, 0.25) is 5.91 Å². The predicted octanol–water partition coefficient (Wildman–Crippen LogP) is -2.72. The number of carbonyl (C=O) groups is 1. The number of nitrogens with one attached hydrogen (secondary N) is 3. The van der Waals surface area contributed by atoms with E-state index in [0.717, 1.165) is 31.9 Å². The summed E-state index contributed by atoms with van der Waals surface area (Å²) in [6.45, 7) is 1.94. The quantitative estimate of drug-likeness (QED) is 0.268. The van der Waals surface area contributed by atoms with Gasteiger partial charge in [0, 0.05) is 44.2 Å². The van der Waals surface area contributed by atoms with Crippen LogP contribution in [0, 0.1) is 5.92 Å². The molecule has 0 aromatic rings. The fourth-order valence-electron chi connectivity index (χ4n) is 4.95. The molecule has 1 aliphatic carbocycles. The molecule has 13 heteroatoms. The lowest BCUT2D eigenvalue weighted by Gasteiger charge is -2.46. The standard InChI is InChI=1S/C18H36N6O5S2/c1-30(26,27)13-6-12(7-14(8-13)31(2,28)29)22-17-15(16(20)25)9-21-18(23-17)24-5-3-4-11(19)10-24/h11-15,17-18,21-23H,3-10,19H2,1-2H3,(H2,20,25)/t11-,12?,13?,14?,15?,17?,18?/m0/s1. The summed E-state index contributed by atoms with van der Waals surface area (Å²) in [5.41, 5.74) is 11.7. The van der Waals surface area contributed by atoms with Crippen molar-refractivity contribution in [3.05, 3.63) is 0 Å². The van der Waals surface area contributed by atoms with E-state index in [4.69, 9.17) is 11.5 Å². The third-order valence-corrected chi connectivity index (χ3v) is 9.93. The molecule has 31 heavy (non-hydrogen) atoms. The van der Waals surface area contributed by atoms with Gasteiger partial charge in [0.15, 0.2) is 0 Å². The molecule has 6 atom stereocenters. The van der Waals surface area contributed by atoms with Gasteiger partial charge in [0.1, 0.15) is 26.0 Å². The van der Waals surface area contributed by atoms with Gasteiger partial charge in [-0.25, -0.2) is 16.8 Å². The lowest BCUT2D eigenvalue weighted by molar-refractivity contribution is -0.124. The zero-order chi connectivity index (χ0) is 23.0. The van der Waals surface area contributed by atoms with Crippen LogP contribution in [0.1, 0.15) is 32.1 Å². The van der Waals surface area contributed by atoms with Crippen molar-refractivity contribution in [2.75, 3.05) is 32.1 Å². The van der Waals surface area contributed by atoms with Crippen molar-refractivity contribution in [3.8, 4) is 0 Å². The van der Waals surface area contributed by atoms with Crippen LogP contribution in [0.15, 0.2) is 0 Å². The molecule has 3 aliphatic rings. The molecule has 3 rings (SSSR count). The van der Waals surface area contributed by atoms with Crippen LogP contribution in [0.2, 0.25) is 0 Å². The van der Waals surface area contributed by atoms with Gasteiger partial charge >= 0.3 is 0 Å². The number of amides is 1. The maximum Gasteiger partial charge on any atom is 0.224 e. The van der Waals surface area contributed by atoms with Crippen LogP contribution >= 0.6 is 0 Å². The van der Waals surface area contributed by atoms with Gasteiger partial charge < -0.3 is 11.5 Å². The van der Waals surface area contributed by atoms with Crippen LogP contribution in [-0.2, 0) is 24.5 Å². The Morgan fingerprint density at radius 1 is 1.06 bits per heavy atom. The van der Waals surface area contributed by atoms with E-state index in [9.17, 15) is 21.6 Å². The maximum absolute atomic E-state index is 12.2. The largest absolute Gasteiger partial charge is 0.369 e. The summed E-state index contributed by atoms with van der Waals surface area (Å²) in [5.74, 6) is -1.05. The number of nitrogens with two attached hydrogens (primary N) is 2. The smallest absolute Gasteiger partial charge is 0.224 e. The van der Waals surface area contributed by atoms with Crippen molar-refractivity contribution >= 4 is 25.6 Å². The molecule has 2 aliphatic heterocycles. The summed E-state index contributed by atoms with van der Waals surface area (Å²) in [6, 6.07) is -0.295. The average molecular weight is 481 g/mol. The minimum atomic E-state index is -3.41. The monoisotopic (exact) mass is 480 g/mol. The van der Waals surface area contributed by atoms with E-state index in [2.05, 4.69) is 20.9 Å². The molecule has 5 unspecified atom stereocenters. The second-order valence-corrected chi connectivity index (χ2v) is 14.0. The molecule has 2 saturated heterocycles. The number of likely N-dealkylation sites (tertiary alicyclic amines) is 1. The van der Waals surface area contributed by atoms with E-state index < -0.39 is 48.2 Å². The SMILES string of the molecule is CS(=O)(=O)C1CC(NC2NC(N3CCC[C@H](N)C3)NCC2C(N)=O)CC(S(C)(=O)=O)C1. The van der Waals surface area contributed by atoms with E-state index in [-0.39, 0.29) is 24.8 Å². The first-order valence-corrected chi connectivity index (χ1v) is 14.7. The Kier molecular flexibility index (Phi) is 7.66. The van der Waals surface area contributed by atoms with Gasteiger partial charge in [0.25, 0.3) is 0 Å². The van der Waals surface area contributed by atoms with Crippen molar-refractivity contribution in [2.45, 2.75) is 67.1 Å². The summed E-state index contributed by atoms with van der Waals surface area (Å²) in [5, 5.41) is 8.52. The molecule has 0 bridgehead atoms. The minimum absolute atomic E-state index is 0.0852. The molecule has 180 valence electrons. The van der Waals surface area contributed by atoms with Gasteiger partial charge in [-0.3, -0.25) is 25.6 Å². The number of hydrogen-bond donors (Lipinski definition) is 5. The van der Waals surface area contributed by atoms with E-state index in [1.165, 1.54) is 0 Å². The Morgan fingerprint density at radius 2 is 1.68 bits per heavy atom. The molecule has 1 saturated carbocycles. The highest BCUT2D eigenvalue weighted by molar-refractivity contribution is 7.92. The summed E-state index contributed by atoms with van der Waals surface area (Å²) in [7, 11) is -6.82. The van der Waals surface area contributed by atoms with Crippen molar-refractivity contribution in [2.24, 2.45) is 17.4 Å². The molecule has 0 radical (unpaired) electrons. The Balaban J connectivity index is 1.76. The van der Waals surface area contributed by atoms with Crippen LogP contribution in [0.3, 0.4) is 0 Å². The number of sulfone groups is 2. The number of hydrogen-bond acceptors (Lipinski definition) is 10. The number of piperidine rings is 1. The summed E-state index contributed by atoms with van der Waals surface area (Å²) in [6.07, 6.45) is 4.20. The van der Waals surface area contributed by atoms with E-state index in [0.29, 0.717) is 25.9 Å². The van der Waals surface area contributed by atoms with Crippen molar-refractivity contribution in [1.82, 2.24) is 20.9 Å². The first-order valence-electron chi connectivity index (χ1n) is 10.8. The fraction of sp³-hybridized carbons (Fsp3) is 0.944. The Hall–Kier alpha value is -0.830. The third kappa shape index (κ3) is 6.36. The number of rotatable bonds is 6. The molecule has 7 N–H and O–H groups in total. The van der Waals surface area contributed by atoms with E-state index >= 15 is 0 Å². The van der Waals surface area contributed by atoms with Crippen LogP contribution in [0.4, 0.5) is 0 Å². The zero-order valence-electron chi connectivity index (χ0n) is 18.2. The molecule has 0 spiro atoms. The first-order chi connectivity index (χ1) is 14.3. The number of nitrogens with zero attached hydrogens (tertiary/aromatic N) is 1. The highest BCUT2D eigenvalue weighted by Crippen LogP contribution is 2.29. The fourth-order valence-corrected chi connectivity index (χ4v) is 7.40. The molecule has 3 fully saturated rings. The van der Waals surface area contributed by atoms with Gasteiger partial charge in [-0.15, -0.1) is 0 Å². The van der Waals surface area contributed by atoms with E-state index in [1.54, 1.807) is 0 Å². The van der Waals surface area contributed by atoms with Crippen molar-refractivity contribution < 1.29 is 21.6 Å². The molecule has 0 aromatic heterocycles. The summed E-state index contributed by atoms with van der Waals surface area (Å²) in [4.78, 5) is 14.2. The predicted molar refractivity (Wildman–Crippen MR) is 118 cm³/mol. The summed E-state index contributed by atoms with van der Waals surface area (Å²) < 4.78 is 48.9. The normalized spacial score (nSPS) is 38.6. The molecule has 2 heterocycles. The molecule has 0 aromatic carbocycles. The lowest BCUT2D eigenvalue weighted by Crippen LogP contribution is -2.72. The van der Waals surface area contributed by atoms with Crippen molar-refractivity contribution in [3.63, 3.8) is 0 Å². The van der Waals surface area contributed by atoms with Crippen LogP contribution < -0.4 is 27.4 Å². The van der Waals surface area contributed by atoms with Gasteiger partial charge in [-0.1, -0.05) is 0 Å². The highest BCUT2D eigenvalue weighted by atomic mass is 32.2. The van der Waals surface area contributed by atoms with Gasteiger partial charge in [-0.2, -0.15) is 0 Å². The molecular weight excluding hydrogens is 444 g/mol. The van der Waals surface area contributed by atoms with Crippen LogP contribution in [-0.4, -0.2) is 94.8 Å². The lowest BCUT2D eigenvalue weighted by atomic mass is 9.92. The Labute approximate surface area is 184 Å². The van der Waals surface area contributed by atoms with Crippen molar-refractivity contribution in [1.29, 1.82) is 0 Å². The zero-order valence-corrected chi connectivity index (χ0v) is 19.8. The molecule has 11 nitrogen and oxygen atoms in total. The number of carbonyl (C=O) groups excluding carboxylic acids is 1.